The molecule has 0 atom stereocenters. The summed E-state index contributed by atoms with van der Waals surface area (Å²) >= 11 is 6.32. The Morgan fingerprint density at radius 1 is 0.962 bits per heavy atom. The lowest BCUT2D eigenvalue weighted by Crippen LogP contribution is -2.10. The van der Waals surface area contributed by atoms with E-state index in [1.54, 1.807) is 6.07 Å². The zero-order valence-electron chi connectivity index (χ0n) is 14.2. The second-order valence-electron chi connectivity index (χ2n) is 6.36. The Bertz CT molecular complexity index is 1140. The number of nitrogens with two attached hydrogens (primary N) is 1. The fourth-order valence-corrected chi connectivity index (χ4v) is 3.50. The van der Waals surface area contributed by atoms with Crippen molar-refractivity contribution in [3.8, 4) is 22.4 Å². The first-order valence-electron chi connectivity index (χ1n) is 8.31. The number of benzene rings is 3. The van der Waals surface area contributed by atoms with Crippen LogP contribution in [-0.2, 0) is 0 Å². The summed E-state index contributed by atoms with van der Waals surface area (Å²) in [4.78, 5) is 14.8. The van der Waals surface area contributed by atoms with Crippen molar-refractivity contribution in [3.63, 3.8) is 0 Å². The monoisotopic (exact) mass is 360 g/mol. The van der Waals surface area contributed by atoms with Crippen molar-refractivity contribution >= 4 is 28.4 Å². The van der Waals surface area contributed by atoms with Crippen LogP contribution >= 0.6 is 11.6 Å². The van der Waals surface area contributed by atoms with Gasteiger partial charge in [-0.3, -0.25) is 4.79 Å². The van der Waals surface area contributed by atoms with Gasteiger partial charge in [-0.05, 0) is 60.0 Å². The smallest absolute Gasteiger partial charge is 0.248 e. The number of aromatic nitrogens is 1. The van der Waals surface area contributed by atoms with E-state index in [0.717, 1.165) is 43.9 Å². The molecule has 0 aliphatic heterocycles. The third kappa shape index (κ3) is 2.87. The van der Waals surface area contributed by atoms with Gasteiger partial charge in [0.2, 0.25) is 5.91 Å². The quantitative estimate of drug-likeness (QED) is 0.493. The first kappa shape index (κ1) is 16.4. The minimum atomic E-state index is -0.412. The lowest BCUT2D eigenvalue weighted by atomic mass is 9.97. The number of aromatic amines is 1. The zero-order valence-corrected chi connectivity index (χ0v) is 15.0. The summed E-state index contributed by atoms with van der Waals surface area (Å²) in [6.45, 7) is 1.98. The van der Waals surface area contributed by atoms with Crippen LogP contribution < -0.4 is 5.73 Å². The van der Waals surface area contributed by atoms with E-state index < -0.39 is 5.91 Å². The van der Waals surface area contributed by atoms with Crippen molar-refractivity contribution in [2.75, 3.05) is 0 Å². The molecule has 0 unspecified atom stereocenters. The van der Waals surface area contributed by atoms with Crippen LogP contribution in [0.25, 0.3) is 33.3 Å². The molecule has 3 N–H and O–H groups in total. The number of primary amides is 1. The average molecular weight is 361 g/mol. The molecular weight excluding hydrogens is 344 g/mol. The number of rotatable bonds is 3. The number of H-pyrrole nitrogens is 1. The number of fused-ring (bicyclic) bond motifs is 1. The van der Waals surface area contributed by atoms with Gasteiger partial charge in [0.1, 0.15) is 0 Å². The van der Waals surface area contributed by atoms with Gasteiger partial charge in [-0.2, -0.15) is 0 Å². The molecule has 0 saturated heterocycles. The van der Waals surface area contributed by atoms with Crippen LogP contribution in [0.4, 0.5) is 0 Å². The van der Waals surface area contributed by atoms with E-state index >= 15 is 0 Å². The molecule has 26 heavy (non-hydrogen) atoms. The topological polar surface area (TPSA) is 58.9 Å². The zero-order chi connectivity index (χ0) is 18.3. The lowest BCUT2D eigenvalue weighted by Gasteiger charge is -2.08. The molecule has 0 radical (unpaired) electrons. The van der Waals surface area contributed by atoms with E-state index in [-0.39, 0.29) is 0 Å². The van der Waals surface area contributed by atoms with E-state index in [1.807, 2.05) is 43.3 Å². The van der Waals surface area contributed by atoms with E-state index in [4.69, 9.17) is 17.3 Å². The number of halogens is 1. The fraction of sp³-hybridized carbons (Fsp3) is 0.0455. The van der Waals surface area contributed by atoms with E-state index in [0.29, 0.717) is 5.56 Å². The van der Waals surface area contributed by atoms with Gasteiger partial charge >= 0.3 is 0 Å². The summed E-state index contributed by atoms with van der Waals surface area (Å²) in [6.07, 6.45) is 0. The summed E-state index contributed by atoms with van der Waals surface area (Å²) in [6, 6.07) is 21.7. The predicted octanol–water partition coefficient (Wildman–Crippen LogP) is 5.56. The average Bonchev–Trinajstić information content (AvgIpc) is 3.04. The van der Waals surface area contributed by atoms with Crippen LogP contribution in [0.3, 0.4) is 0 Å². The van der Waals surface area contributed by atoms with Crippen LogP contribution in [0, 0.1) is 6.92 Å². The van der Waals surface area contributed by atoms with Gasteiger partial charge in [-0.15, -0.1) is 0 Å². The number of carbonyl (C=O) groups excluding carboxylic acids is 1. The first-order chi connectivity index (χ1) is 12.5. The lowest BCUT2D eigenvalue weighted by molar-refractivity contribution is 0.1000. The minimum Gasteiger partial charge on any atom is -0.366 e. The van der Waals surface area contributed by atoms with E-state index in [1.165, 1.54) is 0 Å². The molecule has 3 nitrogen and oxygen atoms in total. The molecule has 0 fully saturated rings. The van der Waals surface area contributed by atoms with Gasteiger partial charge in [0.25, 0.3) is 0 Å². The molecular formula is C22H17ClN2O. The Kier molecular flexibility index (Phi) is 4.02. The molecule has 0 spiro atoms. The second kappa shape index (κ2) is 6.36. The number of nitrogens with one attached hydrogen (secondary N) is 1. The van der Waals surface area contributed by atoms with Gasteiger partial charge in [0.15, 0.2) is 0 Å². The summed E-state index contributed by atoms with van der Waals surface area (Å²) < 4.78 is 0. The molecule has 1 aromatic heterocycles. The molecule has 4 rings (SSSR count). The third-order valence-corrected chi connectivity index (χ3v) is 4.94. The van der Waals surface area contributed by atoms with E-state index in [2.05, 4.69) is 29.2 Å². The molecule has 1 heterocycles. The summed E-state index contributed by atoms with van der Waals surface area (Å²) in [5.41, 5.74) is 12.1. The number of amides is 1. The normalized spacial score (nSPS) is 11.0. The van der Waals surface area contributed by atoms with Crippen LogP contribution in [-0.4, -0.2) is 10.9 Å². The van der Waals surface area contributed by atoms with Gasteiger partial charge in [0.05, 0.1) is 0 Å². The Morgan fingerprint density at radius 3 is 2.50 bits per heavy atom. The minimum absolute atomic E-state index is 0.412. The summed E-state index contributed by atoms with van der Waals surface area (Å²) in [7, 11) is 0. The molecule has 0 saturated carbocycles. The van der Waals surface area contributed by atoms with Gasteiger partial charge < -0.3 is 10.7 Å². The highest BCUT2D eigenvalue weighted by molar-refractivity contribution is 6.33. The highest BCUT2D eigenvalue weighted by Gasteiger charge is 2.10. The SMILES string of the molecule is Cc1cc(C(N)=O)ccc1-c1ccc2[nH]c(-c3ccccc3Cl)cc2c1. The number of aryl methyl sites for hydroxylation is 1. The Morgan fingerprint density at radius 2 is 1.77 bits per heavy atom. The number of hydrogen-bond donors (Lipinski definition) is 2. The molecule has 1 amide bonds. The Hall–Kier alpha value is -3.04. The van der Waals surface area contributed by atoms with Crippen LogP contribution in [0.1, 0.15) is 15.9 Å². The second-order valence-corrected chi connectivity index (χ2v) is 6.77. The molecule has 0 bridgehead atoms. The maximum atomic E-state index is 11.3. The van der Waals surface area contributed by atoms with Crippen LogP contribution in [0.5, 0.6) is 0 Å². The molecule has 4 heteroatoms. The van der Waals surface area contributed by atoms with Crippen LogP contribution in [0.2, 0.25) is 5.02 Å². The van der Waals surface area contributed by atoms with Crippen LogP contribution in [0.15, 0.2) is 66.7 Å². The highest BCUT2D eigenvalue weighted by Crippen LogP contribution is 2.32. The third-order valence-electron chi connectivity index (χ3n) is 4.61. The molecule has 4 aromatic rings. The molecule has 128 valence electrons. The van der Waals surface area contributed by atoms with Crippen molar-refractivity contribution in [1.82, 2.24) is 4.98 Å². The highest BCUT2D eigenvalue weighted by atomic mass is 35.5. The largest absolute Gasteiger partial charge is 0.366 e. The van der Waals surface area contributed by atoms with Gasteiger partial charge in [0, 0.05) is 32.7 Å². The first-order valence-corrected chi connectivity index (χ1v) is 8.69. The van der Waals surface area contributed by atoms with E-state index in [9.17, 15) is 4.79 Å². The maximum Gasteiger partial charge on any atom is 0.248 e. The predicted molar refractivity (Wildman–Crippen MR) is 107 cm³/mol. The standard InChI is InChI=1S/C22H17ClN2O/c1-13-10-15(22(24)26)6-8-17(13)14-7-9-20-16(11-14)12-21(25-20)18-4-2-3-5-19(18)23/h2-12,25H,1H3,(H2,24,26). The van der Waals surface area contributed by atoms with Crippen molar-refractivity contribution in [1.29, 1.82) is 0 Å². The van der Waals surface area contributed by atoms with Gasteiger partial charge in [-0.25, -0.2) is 0 Å². The Labute approximate surface area is 156 Å². The molecule has 0 aliphatic carbocycles. The Balaban J connectivity index is 1.79. The van der Waals surface area contributed by atoms with Crippen molar-refractivity contribution < 1.29 is 4.79 Å². The van der Waals surface area contributed by atoms with Gasteiger partial charge in [-0.1, -0.05) is 41.9 Å². The maximum absolute atomic E-state index is 11.3. The summed E-state index contributed by atoms with van der Waals surface area (Å²) in [5, 5.41) is 1.83. The molecule has 0 aliphatic rings. The van der Waals surface area contributed by atoms with Crippen molar-refractivity contribution in [3.05, 3.63) is 82.9 Å². The fourth-order valence-electron chi connectivity index (χ4n) is 3.27. The summed E-state index contributed by atoms with van der Waals surface area (Å²) in [5.74, 6) is -0.412. The number of carbonyl (C=O) groups is 1. The molecule has 3 aromatic carbocycles. The number of hydrogen-bond acceptors (Lipinski definition) is 1. The van der Waals surface area contributed by atoms with Crippen molar-refractivity contribution in [2.24, 2.45) is 5.73 Å². The van der Waals surface area contributed by atoms with Crippen molar-refractivity contribution in [2.45, 2.75) is 6.92 Å².